The molecule has 0 aromatic carbocycles. The molecule has 4 heteroatoms. The summed E-state index contributed by atoms with van der Waals surface area (Å²) in [6.07, 6.45) is 3.71. The Bertz CT molecular complexity index is 158. The smallest absolute Gasteiger partial charge is 0.220 e. The van der Waals surface area contributed by atoms with E-state index in [0.717, 1.165) is 37.7 Å². The van der Waals surface area contributed by atoms with Crippen molar-refractivity contribution in [2.45, 2.75) is 31.7 Å². The Morgan fingerprint density at radius 3 is 2.77 bits per heavy atom. The van der Waals surface area contributed by atoms with Gasteiger partial charge in [-0.3, -0.25) is 4.79 Å². The largest absolute Gasteiger partial charge is 0.353 e. The summed E-state index contributed by atoms with van der Waals surface area (Å²) in [5.74, 6) is 0.200. The maximum atomic E-state index is 11.3. The SMILES string of the molecule is O=C(CCCBr)NC1CCNCC1. The summed E-state index contributed by atoms with van der Waals surface area (Å²) < 4.78 is 0. The molecular formula is C9H17BrN2O. The second kappa shape index (κ2) is 6.38. The number of rotatable bonds is 4. The first-order valence-corrected chi connectivity index (χ1v) is 6.01. The molecule has 0 spiro atoms. The molecule has 0 atom stereocenters. The third-order valence-electron chi connectivity index (χ3n) is 2.24. The van der Waals surface area contributed by atoms with Crippen LogP contribution in [0.15, 0.2) is 0 Å². The third-order valence-corrected chi connectivity index (χ3v) is 2.80. The van der Waals surface area contributed by atoms with Crippen molar-refractivity contribution in [3.63, 3.8) is 0 Å². The molecule has 1 amide bonds. The number of alkyl halides is 1. The molecule has 0 saturated carbocycles. The number of nitrogens with one attached hydrogen (secondary N) is 2. The quantitative estimate of drug-likeness (QED) is 0.731. The van der Waals surface area contributed by atoms with E-state index in [1.807, 2.05) is 0 Å². The fourth-order valence-corrected chi connectivity index (χ4v) is 1.77. The third kappa shape index (κ3) is 4.62. The molecule has 0 bridgehead atoms. The lowest BCUT2D eigenvalue weighted by molar-refractivity contribution is -0.121. The van der Waals surface area contributed by atoms with E-state index in [0.29, 0.717) is 12.5 Å². The average molecular weight is 249 g/mol. The highest BCUT2D eigenvalue weighted by molar-refractivity contribution is 9.09. The van der Waals surface area contributed by atoms with Crippen LogP contribution in [0.3, 0.4) is 0 Å². The Morgan fingerprint density at radius 2 is 2.15 bits per heavy atom. The van der Waals surface area contributed by atoms with E-state index in [2.05, 4.69) is 26.6 Å². The fraction of sp³-hybridized carbons (Fsp3) is 0.889. The van der Waals surface area contributed by atoms with Gasteiger partial charge in [0.2, 0.25) is 5.91 Å². The lowest BCUT2D eigenvalue weighted by Crippen LogP contribution is -2.42. The predicted octanol–water partition coefficient (Wildman–Crippen LogP) is 1.03. The van der Waals surface area contributed by atoms with Crippen molar-refractivity contribution in [2.75, 3.05) is 18.4 Å². The number of carbonyl (C=O) groups excluding carboxylic acids is 1. The van der Waals surface area contributed by atoms with Crippen molar-refractivity contribution >= 4 is 21.8 Å². The molecule has 0 aromatic heterocycles. The van der Waals surface area contributed by atoms with Crippen LogP contribution in [0, 0.1) is 0 Å². The second-order valence-electron chi connectivity index (χ2n) is 3.38. The highest BCUT2D eigenvalue weighted by Gasteiger charge is 2.14. The molecule has 3 nitrogen and oxygen atoms in total. The minimum atomic E-state index is 0.200. The van der Waals surface area contributed by atoms with E-state index in [9.17, 15) is 4.79 Å². The Kier molecular flexibility index (Phi) is 5.39. The van der Waals surface area contributed by atoms with E-state index in [1.165, 1.54) is 0 Å². The van der Waals surface area contributed by atoms with Crippen LogP contribution in [0.4, 0.5) is 0 Å². The van der Waals surface area contributed by atoms with Gasteiger partial charge in [-0.25, -0.2) is 0 Å². The first-order valence-electron chi connectivity index (χ1n) is 4.89. The van der Waals surface area contributed by atoms with Crippen LogP contribution in [0.2, 0.25) is 0 Å². The van der Waals surface area contributed by atoms with Gasteiger partial charge in [0.1, 0.15) is 0 Å². The molecule has 76 valence electrons. The molecule has 0 aromatic rings. The summed E-state index contributed by atoms with van der Waals surface area (Å²) in [6.45, 7) is 2.06. The number of carbonyl (C=O) groups is 1. The summed E-state index contributed by atoms with van der Waals surface area (Å²) in [6, 6.07) is 0.407. The van der Waals surface area contributed by atoms with Gasteiger partial charge in [-0.1, -0.05) is 15.9 Å². The summed E-state index contributed by atoms with van der Waals surface area (Å²) in [5, 5.41) is 7.24. The first kappa shape index (κ1) is 11.0. The number of amides is 1. The predicted molar refractivity (Wildman–Crippen MR) is 57.1 cm³/mol. The van der Waals surface area contributed by atoms with E-state index in [4.69, 9.17) is 0 Å². The number of piperidine rings is 1. The van der Waals surface area contributed by atoms with E-state index < -0.39 is 0 Å². The van der Waals surface area contributed by atoms with E-state index in [-0.39, 0.29) is 5.91 Å². The Labute approximate surface area is 87.8 Å². The molecule has 1 heterocycles. The molecule has 1 aliphatic heterocycles. The van der Waals surface area contributed by atoms with Gasteiger partial charge >= 0.3 is 0 Å². The van der Waals surface area contributed by atoms with Gasteiger partial charge in [-0.05, 0) is 32.4 Å². The van der Waals surface area contributed by atoms with Gasteiger partial charge < -0.3 is 10.6 Å². The summed E-state index contributed by atoms with van der Waals surface area (Å²) in [5.41, 5.74) is 0. The van der Waals surface area contributed by atoms with Crippen LogP contribution in [-0.2, 0) is 4.79 Å². The Hall–Kier alpha value is -0.0900. The summed E-state index contributed by atoms with van der Waals surface area (Å²) >= 11 is 3.31. The molecule has 0 unspecified atom stereocenters. The van der Waals surface area contributed by atoms with Crippen LogP contribution in [-0.4, -0.2) is 30.4 Å². The molecule has 1 fully saturated rings. The summed E-state index contributed by atoms with van der Waals surface area (Å²) in [7, 11) is 0. The van der Waals surface area contributed by atoms with Crippen molar-refractivity contribution in [1.82, 2.24) is 10.6 Å². The molecule has 1 saturated heterocycles. The highest BCUT2D eigenvalue weighted by atomic mass is 79.9. The second-order valence-corrected chi connectivity index (χ2v) is 4.18. The van der Waals surface area contributed by atoms with Crippen LogP contribution in [0.5, 0.6) is 0 Å². The Morgan fingerprint density at radius 1 is 1.46 bits per heavy atom. The fourth-order valence-electron chi connectivity index (χ4n) is 1.49. The van der Waals surface area contributed by atoms with Crippen LogP contribution in [0.1, 0.15) is 25.7 Å². The molecule has 1 rings (SSSR count). The normalized spacial score (nSPS) is 18.5. The maximum absolute atomic E-state index is 11.3. The first-order chi connectivity index (χ1) is 6.33. The topological polar surface area (TPSA) is 41.1 Å². The number of hydrogen-bond acceptors (Lipinski definition) is 2. The van der Waals surface area contributed by atoms with Gasteiger partial charge in [-0.15, -0.1) is 0 Å². The Balaban J connectivity index is 2.11. The molecule has 1 aliphatic rings. The maximum Gasteiger partial charge on any atom is 0.220 e. The van der Waals surface area contributed by atoms with Gasteiger partial charge in [0.15, 0.2) is 0 Å². The minimum absolute atomic E-state index is 0.200. The van der Waals surface area contributed by atoms with Crippen molar-refractivity contribution in [1.29, 1.82) is 0 Å². The zero-order valence-electron chi connectivity index (χ0n) is 7.81. The molecule has 0 aliphatic carbocycles. The molecule has 2 N–H and O–H groups in total. The monoisotopic (exact) mass is 248 g/mol. The molecular weight excluding hydrogens is 232 g/mol. The van der Waals surface area contributed by atoms with Crippen LogP contribution >= 0.6 is 15.9 Å². The van der Waals surface area contributed by atoms with Crippen LogP contribution < -0.4 is 10.6 Å². The number of halogens is 1. The average Bonchev–Trinajstić information content (AvgIpc) is 2.16. The van der Waals surface area contributed by atoms with E-state index in [1.54, 1.807) is 0 Å². The van der Waals surface area contributed by atoms with Gasteiger partial charge in [-0.2, -0.15) is 0 Å². The van der Waals surface area contributed by atoms with Crippen molar-refractivity contribution in [3.8, 4) is 0 Å². The standard InChI is InChI=1S/C9H17BrN2O/c10-5-1-2-9(13)12-8-3-6-11-7-4-8/h8,11H,1-7H2,(H,12,13). The number of hydrogen-bond donors (Lipinski definition) is 2. The van der Waals surface area contributed by atoms with E-state index >= 15 is 0 Å². The van der Waals surface area contributed by atoms with Crippen molar-refractivity contribution in [2.24, 2.45) is 0 Å². The molecule has 13 heavy (non-hydrogen) atoms. The highest BCUT2D eigenvalue weighted by Crippen LogP contribution is 2.03. The lowest BCUT2D eigenvalue weighted by atomic mass is 10.1. The van der Waals surface area contributed by atoms with Crippen molar-refractivity contribution in [3.05, 3.63) is 0 Å². The van der Waals surface area contributed by atoms with Gasteiger partial charge in [0.25, 0.3) is 0 Å². The lowest BCUT2D eigenvalue weighted by Gasteiger charge is -2.23. The van der Waals surface area contributed by atoms with Crippen molar-refractivity contribution < 1.29 is 4.79 Å². The van der Waals surface area contributed by atoms with Crippen LogP contribution in [0.25, 0.3) is 0 Å². The molecule has 0 radical (unpaired) electrons. The summed E-state index contributed by atoms with van der Waals surface area (Å²) in [4.78, 5) is 11.3. The van der Waals surface area contributed by atoms with Gasteiger partial charge in [0.05, 0.1) is 0 Å². The zero-order valence-corrected chi connectivity index (χ0v) is 9.40. The zero-order chi connectivity index (χ0) is 9.52. The van der Waals surface area contributed by atoms with Gasteiger partial charge in [0, 0.05) is 17.8 Å². The minimum Gasteiger partial charge on any atom is -0.353 e.